The molecule has 2 heterocycles. The van der Waals surface area contributed by atoms with Crippen LogP contribution in [0.15, 0.2) is 40.3 Å². The predicted molar refractivity (Wildman–Crippen MR) is 83.3 cm³/mol. The van der Waals surface area contributed by atoms with Gasteiger partial charge in [-0.15, -0.1) is 11.3 Å². The summed E-state index contributed by atoms with van der Waals surface area (Å²) in [6.07, 6.45) is 1.69. The topological polar surface area (TPSA) is 40.7 Å². The number of H-pyrrole nitrogens is 1. The molecule has 0 radical (unpaired) electrons. The van der Waals surface area contributed by atoms with Gasteiger partial charge in [0.25, 0.3) is 0 Å². The molecule has 0 unspecified atom stereocenters. The maximum Gasteiger partial charge on any atom is 0.150 e. The summed E-state index contributed by atoms with van der Waals surface area (Å²) >= 11 is 4.75. The molecule has 7 heteroatoms. The van der Waals surface area contributed by atoms with E-state index in [-0.39, 0.29) is 5.69 Å². The van der Waals surface area contributed by atoms with Gasteiger partial charge in [-0.25, -0.2) is 8.78 Å². The third-order valence-corrected chi connectivity index (χ3v) is 4.46. The fourth-order valence-electron chi connectivity index (χ4n) is 1.97. The van der Waals surface area contributed by atoms with Crippen molar-refractivity contribution in [1.29, 1.82) is 0 Å². The van der Waals surface area contributed by atoms with Gasteiger partial charge in [0.15, 0.2) is 0 Å². The molecule has 3 rings (SSSR count). The minimum absolute atomic E-state index is 0.231. The average molecular weight is 370 g/mol. The quantitative estimate of drug-likeness (QED) is 0.693. The first-order chi connectivity index (χ1) is 10.1. The highest BCUT2D eigenvalue weighted by Crippen LogP contribution is 2.29. The molecule has 0 aliphatic rings. The first-order valence-electron chi connectivity index (χ1n) is 6.09. The Kier molecular flexibility index (Phi) is 4.03. The van der Waals surface area contributed by atoms with Crippen molar-refractivity contribution >= 4 is 33.0 Å². The molecule has 0 saturated carbocycles. The van der Waals surface area contributed by atoms with Crippen molar-refractivity contribution in [3.8, 4) is 10.6 Å². The highest BCUT2D eigenvalue weighted by molar-refractivity contribution is 9.10. The molecule has 0 spiro atoms. The summed E-state index contributed by atoms with van der Waals surface area (Å²) in [6, 6.07) is 6.01. The van der Waals surface area contributed by atoms with Gasteiger partial charge in [-0.2, -0.15) is 5.10 Å². The van der Waals surface area contributed by atoms with Crippen molar-refractivity contribution in [3.63, 3.8) is 0 Å². The predicted octanol–water partition coefficient (Wildman–Crippen LogP) is 4.79. The molecule has 0 atom stereocenters. The van der Waals surface area contributed by atoms with E-state index in [1.165, 1.54) is 6.07 Å². The van der Waals surface area contributed by atoms with Gasteiger partial charge in [0.1, 0.15) is 11.6 Å². The van der Waals surface area contributed by atoms with E-state index < -0.39 is 11.6 Å². The highest BCUT2D eigenvalue weighted by Gasteiger charge is 2.12. The van der Waals surface area contributed by atoms with Gasteiger partial charge in [-0.1, -0.05) is 6.07 Å². The molecule has 3 aromatic rings. The summed E-state index contributed by atoms with van der Waals surface area (Å²) in [5.74, 6) is -1.25. The van der Waals surface area contributed by atoms with Gasteiger partial charge in [0.05, 0.1) is 22.5 Å². The SMILES string of the molecule is Fc1cc(F)c(NCc2cn[nH]c2-c2cccs2)c(Br)c1. The van der Waals surface area contributed by atoms with Crippen LogP contribution in [-0.2, 0) is 6.54 Å². The smallest absolute Gasteiger partial charge is 0.150 e. The lowest BCUT2D eigenvalue weighted by atomic mass is 10.2. The highest BCUT2D eigenvalue weighted by atomic mass is 79.9. The molecule has 0 fully saturated rings. The van der Waals surface area contributed by atoms with Crippen molar-refractivity contribution < 1.29 is 8.78 Å². The van der Waals surface area contributed by atoms with E-state index in [9.17, 15) is 8.78 Å². The number of nitrogens with one attached hydrogen (secondary N) is 2. The van der Waals surface area contributed by atoms with E-state index in [0.29, 0.717) is 11.0 Å². The molecular weight excluding hydrogens is 360 g/mol. The summed E-state index contributed by atoms with van der Waals surface area (Å²) in [5.41, 5.74) is 2.04. The Bertz CT molecular complexity index is 732. The fraction of sp³-hybridized carbons (Fsp3) is 0.0714. The number of rotatable bonds is 4. The largest absolute Gasteiger partial charge is 0.378 e. The van der Waals surface area contributed by atoms with Crippen LogP contribution >= 0.6 is 27.3 Å². The minimum Gasteiger partial charge on any atom is -0.378 e. The number of benzene rings is 1. The summed E-state index contributed by atoms with van der Waals surface area (Å²) in [7, 11) is 0. The van der Waals surface area contributed by atoms with E-state index >= 15 is 0 Å². The Morgan fingerprint density at radius 3 is 2.90 bits per heavy atom. The summed E-state index contributed by atoms with van der Waals surface area (Å²) in [4.78, 5) is 1.06. The van der Waals surface area contributed by atoms with Gasteiger partial charge >= 0.3 is 0 Å². The van der Waals surface area contributed by atoms with Gasteiger partial charge < -0.3 is 5.32 Å². The Morgan fingerprint density at radius 2 is 2.19 bits per heavy atom. The first kappa shape index (κ1) is 14.2. The van der Waals surface area contributed by atoms with Crippen molar-refractivity contribution in [2.75, 3.05) is 5.32 Å². The van der Waals surface area contributed by atoms with Gasteiger partial charge in [0, 0.05) is 22.6 Å². The zero-order valence-corrected chi connectivity index (χ0v) is 13.1. The van der Waals surface area contributed by atoms with Crippen molar-refractivity contribution in [3.05, 3.63) is 57.5 Å². The minimum atomic E-state index is -0.636. The lowest BCUT2D eigenvalue weighted by Crippen LogP contribution is -2.03. The Hall–Kier alpha value is -1.73. The number of nitrogens with zero attached hydrogens (tertiary/aromatic N) is 1. The standard InChI is InChI=1S/C14H10BrF2N3S/c15-10-4-9(16)5-11(17)14(10)18-6-8-7-19-20-13(8)12-2-1-3-21-12/h1-5,7,18H,6H2,(H,19,20). The Labute approximate surface area is 132 Å². The molecule has 0 saturated heterocycles. The van der Waals surface area contributed by atoms with E-state index in [1.807, 2.05) is 17.5 Å². The van der Waals surface area contributed by atoms with Crippen molar-refractivity contribution in [2.24, 2.45) is 0 Å². The summed E-state index contributed by atoms with van der Waals surface area (Å²) < 4.78 is 27.2. The fourth-order valence-corrected chi connectivity index (χ4v) is 3.28. The van der Waals surface area contributed by atoms with Crippen LogP contribution in [0.4, 0.5) is 14.5 Å². The van der Waals surface area contributed by atoms with Gasteiger partial charge in [0.2, 0.25) is 0 Å². The van der Waals surface area contributed by atoms with Crippen LogP contribution in [0.3, 0.4) is 0 Å². The molecule has 0 aliphatic heterocycles. The molecule has 21 heavy (non-hydrogen) atoms. The second kappa shape index (κ2) is 5.95. The van der Waals surface area contributed by atoms with Crippen LogP contribution in [-0.4, -0.2) is 10.2 Å². The maximum absolute atomic E-state index is 13.8. The normalized spacial score (nSPS) is 10.8. The molecule has 0 bridgehead atoms. The molecule has 108 valence electrons. The monoisotopic (exact) mass is 369 g/mol. The molecule has 1 aromatic carbocycles. The van der Waals surface area contributed by atoms with Crippen LogP contribution in [0.2, 0.25) is 0 Å². The molecule has 2 aromatic heterocycles. The van der Waals surface area contributed by atoms with Crippen LogP contribution in [0.25, 0.3) is 10.6 Å². The van der Waals surface area contributed by atoms with E-state index in [1.54, 1.807) is 17.5 Å². The molecule has 0 amide bonds. The van der Waals surface area contributed by atoms with E-state index in [0.717, 1.165) is 22.2 Å². The molecular formula is C14H10BrF2N3S. The van der Waals surface area contributed by atoms with Crippen LogP contribution in [0.1, 0.15) is 5.56 Å². The third kappa shape index (κ3) is 2.98. The Balaban J connectivity index is 1.82. The lowest BCUT2D eigenvalue weighted by molar-refractivity contribution is 0.583. The van der Waals surface area contributed by atoms with E-state index in [2.05, 4.69) is 31.4 Å². The number of hydrogen-bond acceptors (Lipinski definition) is 3. The maximum atomic E-state index is 13.8. The second-order valence-electron chi connectivity index (χ2n) is 4.35. The van der Waals surface area contributed by atoms with Crippen LogP contribution < -0.4 is 5.32 Å². The number of aromatic nitrogens is 2. The molecule has 3 nitrogen and oxygen atoms in total. The summed E-state index contributed by atoms with van der Waals surface area (Å²) in [5, 5.41) is 11.9. The van der Waals surface area contributed by atoms with Crippen LogP contribution in [0, 0.1) is 11.6 Å². The number of thiophene rings is 1. The van der Waals surface area contributed by atoms with Crippen LogP contribution in [0.5, 0.6) is 0 Å². The number of hydrogen-bond donors (Lipinski definition) is 2. The number of anilines is 1. The second-order valence-corrected chi connectivity index (χ2v) is 6.15. The zero-order valence-electron chi connectivity index (χ0n) is 10.7. The first-order valence-corrected chi connectivity index (χ1v) is 7.77. The number of aromatic amines is 1. The van der Waals surface area contributed by atoms with Gasteiger partial charge in [-0.05, 0) is 33.4 Å². The molecule has 0 aliphatic carbocycles. The zero-order chi connectivity index (χ0) is 14.8. The average Bonchev–Trinajstić information content (AvgIpc) is 3.07. The Morgan fingerprint density at radius 1 is 1.33 bits per heavy atom. The molecule has 2 N–H and O–H groups in total. The van der Waals surface area contributed by atoms with E-state index in [4.69, 9.17) is 0 Å². The number of halogens is 3. The lowest BCUT2D eigenvalue weighted by Gasteiger charge is -2.10. The third-order valence-electron chi connectivity index (χ3n) is 2.95. The van der Waals surface area contributed by atoms with Gasteiger partial charge in [-0.3, -0.25) is 5.10 Å². The van der Waals surface area contributed by atoms with Crippen molar-refractivity contribution in [2.45, 2.75) is 6.54 Å². The summed E-state index contributed by atoms with van der Waals surface area (Å²) in [6.45, 7) is 0.380. The van der Waals surface area contributed by atoms with Crippen molar-refractivity contribution in [1.82, 2.24) is 10.2 Å².